The molecule has 14 nitrogen and oxygen atoms in total. The third-order valence-corrected chi connectivity index (χ3v) is 11.1. The number of aliphatic hydroxyl groups excluding tert-OH is 1. The van der Waals surface area contributed by atoms with Crippen molar-refractivity contribution in [3.8, 4) is 17.2 Å². The number of hydrogen-bond donors (Lipinski definition) is 3. The molecule has 5 unspecified atom stereocenters. The van der Waals surface area contributed by atoms with Gasteiger partial charge in [0.05, 0.1) is 48.3 Å². The molecule has 2 saturated heterocycles. The maximum absolute atomic E-state index is 13.9. The zero-order valence-electron chi connectivity index (χ0n) is 30.4. The second-order valence-electron chi connectivity index (χ2n) is 13.9. The summed E-state index contributed by atoms with van der Waals surface area (Å²) in [5.74, 6) is 1.40. The first-order valence-corrected chi connectivity index (χ1v) is 19.5. The van der Waals surface area contributed by atoms with Crippen molar-refractivity contribution in [2.75, 3.05) is 51.6 Å². The maximum atomic E-state index is 13.9. The van der Waals surface area contributed by atoms with Gasteiger partial charge in [-0.1, -0.05) is 26.0 Å². The van der Waals surface area contributed by atoms with Gasteiger partial charge in [0.2, 0.25) is 16.8 Å². The van der Waals surface area contributed by atoms with E-state index in [9.17, 15) is 31.5 Å². The van der Waals surface area contributed by atoms with Crippen LogP contribution >= 0.6 is 0 Å². The zero-order valence-corrected chi connectivity index (χ0v) is 31.2. The van der Waals surface area contributed by atoms with Gasteiger partial charge in [0.15, 0.2) is 17.8 Å². The van der Waals surface area contributed by atoms with Gasteiger partial charge in [-0.2, -0.15) is 17.5 Å². The van der Waals surface area contributed by atoms with Crippen molar-refractivity contribution in [1.29, 1.82) is 0 Å². The summed E-state index contributed by atoms with van der Waals surface area (Å²) in [4.78, 5) is 17.1. The van der Waals surface area contributed by atoms with Crippen LogP contribution in [0.2, 0.25) is 0 Å². The third kappa shape index (κ3) is 10.5. The molecule has 0 spiro atoms. The number of carbonyl (C=O) groups is 1. The number of sulfonamides is 1. The Morgan fingerprint density at radius 2 is 1.84 bits per heavy atom. The van der Waals surface area contributed by atoms with Gasteiger partial charge in [-0.25, -0.2) is 18.2 Å². The van der Waals surface area contributed by atoms with Gasteiger partial charge in [0.1, 0.15) is 17.7 Å². The fourth-order valence-electron chi connectivity index (χ4n) is 6.47. The van der Waals surface area contributed by atoms with E-state index in [4.69, 9.17) is 28.4 Å². The second-order valence-corrected chi connectivity index (χ2v) is 15.9. The van der Waals surface area contributed by atoms with E-state index < -0.39 is 52.4 Å². The van der Waals surface area contributed by atoms with Crippen molar-refractivity contribution in [3.05, 3.63) is 71.9 Å². The average Bonchev–Trinajstić information content (AvgIpc) is 3.90. The quantitative estimate of drug-likeness (QED) is 0.160. The van der Waals surface area contributed by atoms with Crippen LogP contribution in [0.5, 0.6) is 17.2 Å². The molecule has 3 aromatic rings. The highest BCUT2D eigenvalue weighted by Gasteiger charge is 2.44. The molecule has 55 heavy (non-hydrogen) atoms. The Kier molecular flexibility index (Phi) is 12.9. The molecule has 300 valence electrons. The summed E-state index contributed by atoms with van der Waals surface area (Å²) >= 11 is 0. The molecule has 4 heterocycles. The molecular weight excluding hydrogens is 749 g/mol. The van der Waals surface area contributed by atoms with E-state index in [0.29, 0.717) is 61.2 Å². The fourth-order valence-corrected chi connectivity index (χ4v) is 8.11. The highest BCUT2D eigenvalue weighted by Crippen LogP contribution is 2.36. The molecule has 2 aromatic carbocycles. The minimum Gasteiger partial charge on any atom is -0.494 e. The van der Waals surface area contributed by atoms with Crippen molar-refractivity contribution in [1.82, 2.24) is 14.6 Å². The van der Waals surface area contributed by atoms with E-state index in [0.717, 1.165) is 12.3 Å². The first-order chi connectivity index (χ1) is 26.3. The summed E-state index contributed by atoms with van der Waals surface area (Å²) < 4.78 is 101. The molecule has 0 aliphatic carbocycles. The number of pyridine rings is 1. The number of nitrogens with one attached hydrogen (secondary N) is 2. The second kappa shape index (κ2) is 17.6. The van der Waals surface area contributed by atoms with Crippen molar-refractivity contribution in [2.24, 2.45) is 11.8 Å². The predicted octanol–water partition coefficient (Wildman–Crippen LogP) is 4.82. The summed E-state index contributed by atoms with van der Waals surface area (Å²) in [6, 6.07) is 12.6. The largest absolute Gasteiger partial charge is 0.494 e. The van der Waals surface area contributed by atoms with Crippen LogP contribution < -0.4 is 24.8 Å². The van der Waals surface area contributed by atoms with Crippen molar-refractivity contribution >= 4 is 21.9 Å². The number of benzene rings is 2. The Morgan fingerprint density at radius 3 is 2.56 bits per heavy atom. The zero-order chi connectivity index (χ0) is 39.2. The van der Waals surface area contributed by atoms with E-state index >= 15 is 0 Å². The van der Waals surface area contributed by atoms with E-state index in [1.807, 2.05) is 13.8 Å². The molecule has 1 amide bonds. The summed E-state index contributed by atoms with van der Waals surface area (Å²) in [5, 5.41) is 17.4. The Hall–Kier alpha value is -4.36. The molecule has 18 heteroatoms. The Balaban J connectivity index is 1.09. The van der Waals surface area contributed by atoms with Crippen LogP contribution in [-0.4, -0.2) is 99.7 Å². The Labute approximate surface area is 317 Å². The van der Waals surface area contributed by atoms with Crippen molar-refractivity contribution in [2.45, 2.75) is 68.7 Å². The molecule has 0 saturated carbocycles. The number of aliphatic hydroxyl groups is 1. The highest BCUT2D eigenvalue weighted by molar-refractivity contribution is 7.89. The predicted molar refractivity (Wildman–Crippen MR) is 191 cm³/mol. The number of carbonyl (C=O) groups excluding carboxylic acids is 1. The lowest BCUT2D eigenvalue weighted by Gasteiger charge is -2.31. The van der Waals surface area contributed by atoms with Gasteiger partial charge in [-0.15, -0.1) is 0 Å². The minimum absolute atomic E-state index is 0.0186. The number of aromatic nitrogens is 1. The van der Waals surface area contributed by atoms with Crippen LogP contribution in [0.3, 0.4) is 0 Å². The molecule has 3 aliphatic heterocycles. The molecular formula is C37H45F3N4O10S. The van der Waals surface area contributed by atoms with Gasteiger partial charge >= 0.3 is 12.3 Å². The maximum Gasteiger partial charge on any atom is 0.417 e. The first kappa shape index (κ1) is 40.3. The number of halogens is 3. The van der Waals surface area contributed by atoms with E-state index in [2.05, 4.69) is 15.6 Å². The van der Waals surface area contributed by atoms with Crippen LogP contribution in [0.4, 0.5) is 23.8 Å². The van der Waals surface area contributed by atoms with E-state index in [1.54, 1.807) is 24.3 Å². The fraction of sp³-hybridized carbons (Fsp3) is 0.514. The lowest BCUT2D eigenvalue weighted by Crippen LogP contribution is -2.51. The number of alkyl carbamates (subject to hydrolysis) is 1. The van der Waals surface area contributed by atoms with Crippen LogP contribution in [0.25, 0.3) is 0 Å². The van der Waals surface area contributed by atoms with Gasteiger partial charge < -0.3 is 44.2 Å². The molecule has 0 bridgehead atoms. The number of rotatable bonds is 17. The summed E-state index contributed by atoms with van der Waals surface area (Å²) in [5.41, 5.74) is -0.106. The summed E-state index contributed by atoms with van der Waals surface area (Å²) in [6.07, 6.45) is -5.45. The Bertz CT molecular complexity index is 1850. The number of fused-ring (bicyclic) bond motifs is 2. The number of nitrogens with zero attached hydrogens (tertiary/aromatic N) is 2. The normalized spacial score (nSPS) is 20.3. The van der Waals surface area contributed by atoms with Crippen molar-refractivity contribution < 1.29 is 59.9 Å². The van der Waals surface area contributed by atoms with Crippen LogP contribution in [0, 0.1) is 11.8 Å². The number of alkyl halides is 3. The van der Waals surface area contributed by atoms with Gasteiger partial charge in [-0.3, -0.25) is 0 Å². The standard InChI is InChI=1S/C37H45F3N4O10S/c1-23(2)19-44(55(47,48)27-9-10-31-32(17-27)53-22-52-31)20-30(45)29(43-36(46)54-33-21-51-35-28(33)12-15-50-35)16-24-4-7-26(8-5-24)49-14-3-13-41-34-11-6-25(18-42-34)37(38,39)40/h4-11,17-18,23,28-30,33,35,45H,3,12-16,19-22H2,1-2H3,(H,41,42)(H,43,46). The molecule has 5 atom stereocenters. The summed E-state index contributed by atoms with van der Waals surface area (Å²) in [7, 11) is -4.12. The van der Waals surface area contributed by atoms with Crippen LogP contribution in [-0.2, 0) is 36.8 Å². The van der Waals surface area contributed by atoms with Gasteiger partial charge in [0.25, 0.3) is 0 Å². The molecule has 3 aliphatic rings. The number of hydrogen-bond acceptors (Lipinski definition) is 12. The topological polar surface area (TPSA) is 167 Å². The smallest absolute Gasteiger partial charge is 0.417 e. The number of ether oxygens (including phenoxy) is 6. The average molecular weight is 795 g/mol. The van der Waals surface area contributed by atoms with Gasteiger partial charge in [0, 0.05) is 31.9 Å². The number of amides is 1. The van der Waals surface area contributed by atoms with Crippen LogP contribution in [0.1, 0.15) is 37.8 Å². The summed E-state index contributed by atoms with van der Waals surface area (Å²) in [6.45, 7) is 4.87. The Morgan fingerprint density at radius 1 is 1.05 bits per heavy atom. The molecule has 3 N–H and O–H groups in total. The van der Waals surface area contributed by atoms with E-state index in [1.165, 1.54) is 28.6 Å². The van der Waals surface area contributed by atoms with Gasteiger partial charge in [-0.05, 0) is 67.1 Å². The molecule has 6 rings (SSSR count). The third-order valence-electron chi connectivity index (χ3n) is 9.32. The SMILES string of the molecule is CC(C)CN(CC(O)C(Cc1ccc(OCCCNc2ccc(C(F)(F)F)cn2)cc1)NC(=O)OC1COC2OCCC12)S(=O)(=O)c1ccc2c(c1)OCO2. The number of anilines is 1. The van der Waals surface area contributed by atoms with Crippen molar-refractivity contribution in [3.63, 3.8) is 0 Å². The highest BCUT2D eigenvalue weighted by atomic mass is 32.2. The monoisotopic (exact) mass is 794 g/mol. The molecule has 0 radical (unpaired) electrons. The minimum atomic E-state index is -4.45. The van der Waals surface area contributed by atoms with Crippen LogP contribution in [0.15, 0.2) is 65.7 Å². The first-order valence-electron chi connectivity index (χ1n) is 18.0. The molecule has 1 aromatic heterocycles. The lowest BCUT2D eigenvalue weighted by molar-refractivity contribution is -0.137. The van der Waals surface area contributed by atoms with E-state index in [-0.39, 0.29) is 49.6 Å². The lowest BCUT2D eigenvalue weighted by atomic mass is 10.0. The molecule has 2 fully saturated rings.